The maximum atomic E-state index is 6.02. The van der Waals surface area contributed by atoms with Gasteiger partial charge in [0.25, 0.3) is 0 Å². The molecular weight excluding hydrogens is 190 g/mol. The van der Waals surface area contributed by atoms with Gasteiger partial charge in [0.1, 0.15) is 0 Å². The number of aryl methyl sites for hydroxylation is 1. The van der Waals surface area contributed by atoms with E-state index in [9.17, 15) is 0 Å². The molecule has 0 saturated heterocycles. The van der Waals surface area contributed by atoms with Crippen LogP contribution in [-0.2, 0) is 17.7 Å². The third-order valence-electron chi connectivity index (χ3n) is 2.55. The van der Waals surface area contributed by atoms with Gasteiger partial charge in [-0.3, -0.25) is 4.68 Å². The quantitative estimate of drug-likeness (QED) is 0.769. The van der Waals surface area contributed by atoms with Crippen molar-refractivity contribution in [3.63, 3.8) is 0 Å². The van der Waals surface area contributed by atoms with Crippen LogP contribution in [0.3, 0.4) is 0 Å². The Morgan fingerprint density at radius 1 is 1.60 bits per heavy atom. The lowest BCUT2D eigenvalue weighted by molar-refractivity contribution is 0.104. The number of nitrogens with two attached hydrogens (primary N) is 1. The second-order valence-electron chi connectivity index (χ2n) is 3.95. The Labute approximate surface area is 91.4 Å². The van der Waals surface area contributed by atoms with Crippen LogP contribution in [0.15, 0.2) is 12.4 Å². The predicted molar refractivity (Wildman–Crippen MR) is 60.7 cm³/mol. The molecule has 0 aromatic carbocycles. The molecule has 2 unspecified atom stereocenters. The fourth-order valence-corrected chi connectivity index (χ4v) is 1.59. The van der Waals surface area contributed by atoms with Crippen molar-refractivity contribution in [2.45, 2.75) is 45.4 Å². The lowest BCUT2D eigenvalue weighted by atomic mass is 10.0. The number of ether oxygens (including phenoxy) is 1. The molecule has 1 rings (SSSR count). The van der Waals surface area contributed by atoms with E-state index in [0.29, 0.717) is 0 Å². The maximum Gasteiger partial charge on any atom is 0.0558 e. The molecular formula is C11H21N3O. The van der Waals surface area contributed by atoms with E-state index < -0.39 is 0 Å². The highest BCUT2D eigenvalue weighted by Crippen LogP contribution is 2.06. The predicted octanol–water partition coefficient (Wildman–Crippen LogP) is 1.20. The molecule has 86 valence electrons. The highest BCUT2D eigenvalue weighted by atomic mass is 16.5. The Kier molecular flexibility index (Phi) is 4.78. The average molecular weight is 211 g/mol. The van der Waals surface area contributed by atoms with Crippen molar-refractivity contribution in [1.29, 1.82) is 0 Å². The van der Waals surface area contributed by atoms with Crippen LogP contribution in [0, 0.1) is 0 Å². The largest absolute Gasteiger partial charge is 0.382 e. The fraction of sp³-hybridized carbons (Fsp3) is 0.727. The number of hydrogen-bond donors (Lipinski definition) is 1. The topological polar surface area (TPSA) is 53.1 Å². The van der Waals surface area contributed by atoms with Gasteiger partial charge in [0.15, 0.2) is 0 Å². The molecule has 4 nitrogen and oxygen atoms in total. The van der Waals surface area contributed by atoms with Crippen molar-refractivity contribution in [2.24, 2.45) is 5.73 Å². The molecule has 0 saturated carbocycles. The minimum Gasteiger partial charge on any atom is -0.382 e. The van der Waals surface area contributed by atoms with E-state index in [0.717, 1.165) is 19.4 Å². The van der Waals surface area contributed by atoms with E-state index in [-0.39, 0.29) is 12.1 Å². The molecule has 0 fully saturated rings. The van der Waals surface area contributed by atoms with Crippen LogP contribution in [0.1, 0.15) is 25.8 Å². The van der Waals surface area contributed by atoms with Crippen molar-refractivity contribution < 1.29 is 4.74 Å². The van der Waals surface area contributed by atoms with Gasteiger partial charge in [0, 0.05) is 25.9 Å². The Hall–Kier alpha value is -0.870. The van der Waals surface area contributed by atoms with E-state index in [4.69, 9.17) is 10.5 Å². The molecule has 0 aliphatic rings. The van der Waals surface area contributed by atoms with E-state index in [1.807, 2.05) is 17.8 Å². The van der Waals surface area contributed by atoms with Crippen molar-refractivity contribution in [1.82, 2.24) is 9.78 Å². The zero-order valence-electron chi connectivity index (χ0n) is 9.81. The van der Waals surface area contributed by atoms with Gasteiger partial charge in [-0.25, -0.2) is 0 Å². The summed E-state index contributed by atoms with van der Waals surface area (Å²) >= 11 is 0. The summed E-state index contributed by atoms with van der Waals surface area (Å²) in [6, 6.07) is 0.148. The van der Waals surface area contributed by atoms with Gasteiger partial charge in [-0.05, 0) is 32.3 Å². The van der Waals surface area contributed by atoms with Crippen LogP contribution in [0.4, 0.5) is 0 Å². The first-order chi connectivity index (χ1) is 7.15. The molecule has 0 bridgehead atoms. The first-order valence-corrected chi connectivity index (χ1v) is 5.45. The molecule has 0 radical (unpaired) electrons. The number of nitrogens with zero attached hydrogens (tertiary/aromatic N) is 2. The molecule has 15 heavy (non-hydrogen) atoms. The van der Waals surface area contributed by atoms with Crippen molar-refractivity contribution >= 4 is 0 Å². The first kappa shape index (κ1) is 12.2. The van der Waals surface area contributed by atoms with Crippen molar-refractivity contribution in [2.75, 3.05) is 7.11 Å². The van der Waals surface area contributed by atoms with Gasteiger partial charge in [-0.15, -0.1) is 0 Å². The monoisotopic (exact) mass is 211 g/mol. The first-order valence-electron chi connectivity index (χ1n) is 5.45. The van der Waals surface area contributed by atoms with E-state index in [2.05, 4.69) is 18.2 Å². The minimum atomic E-state index is 0.148. The maximum absolute atomic E-state index is 6.02. The Morgan fingerprint density at radius 3 is 2.87 bits per heavy atom. The summed E-state index contributed by atoms with van der Waals surface area (Å²) in [6.07, 6.45) is 5.92. The van der Waals surface area contributed by atoms with Crippen LogP contribution in [0.25, 0.3) is 0 Å². The fourth-order valence-electron chi connectivity index (χ4n) is 1.59. The average Bonchev–Trinajstić information content (AvgIpc) is 2.65. The minimum absolute atomic E-state index is 0.148. The highest BCUT2D eigenvalue weighted by molar-refractivity contribution is 5.05. The van der Waals surface area contributed by atoms with Crippen LogP contribution in [0.2, 0.25) is 0 Å². The van der Waals surface area contributed by atoms with Crippen molar-refractivity contribution in [3.05, 3.63) is 18.0 Å². The number of aromatic nitrogens is 2. The smallest absolute Gasteiger partial charge is 0.0558 e. The van der Waals surface area contributed by atoms with E-state index in [1.165, 1.54) is 5.56 Å². The van der Waals surface area contributed by atoms with Gasteiger partial charge in [-0.2, -0.15) is 5.10 Å². The van der Waals surface area contributed by atoms with Gasteiger partial charge in [0.2, 0.25) is 0 Å². The lowest BCUT2D eigenvalue weighted by Crippen LogP contribution is -2.27. The van der Waals surface area contributed by atoms with Gasteiger partial charge >= 0.3 is 0 Å². The van der Waals surface area contributed by atoms with Gasteiger partial charge < -0.3 is 10.5 Å². The third kappa shape index (κ3) is 4.01. The Bertz CT molecular complexity index is 285. The standard InChI is InChI=1S/C11H21N3O/c1-4-14-8-10(7-13-14)6-11(12)5-9(2)15-3/h7-9,11H,4-6,12H2,1-3H3. The summed E-state index contributed by atoms with van der Waals surface area (Å²) < 4.78 is 7.10. The summed E-state index contributed by atoms with van der Waals surface area (Å²) in [5.74, 6) is 0. The number of hydrogen-bond acceptors (Lipinski definition) is 3. The van der Waals surface area contributed by atoms with Gasteiger partial charge in [0.05, 0.1) is 12.3 Å². The van der Waals surface area contributed by atoms with Crippen molar-refractivity contribution in [3.8, 4) is 0 Å². The molecule has 1 aromatic heterocycles. The van der Waals surface area contributed by atoms with Crippen LogP contribution < -0.4 is 5.73 Å². The SMILES string of the molecule is CCn1cc(CC(N)CC(C)OC)cn1. The number of methoxy groups -OCH3 is 1. The van der Waals surface area contributed by atoms with E-state index >= 15 is 0 Å². The molecule has 0 aliphatic heterocycles. The molecule has 2 N–H and O–H groups in total. The van der Waals surface area contributed by atoms with E-state index in [1.54, 1.807) is 7.11 Å². The van der Waals surface area contributed by atoms with Crippen LogP contribution in [0.5, 0.6) is 0 Å². The lowest BCUT2D eigenvalue weighted by Gasteiger charge is -2.15. The molecule has 2 atom stereocenters. The van der Waals surface area contributed by atoms with Gasteiger partial charge in [-0.1, -0.05) is 0 Å². The molecule has 0 aliphatic carbocycles. The van der Waals surface area contributed by atoms with Crippen LogP contribution in [-0.4, -0.2) is 29.0 Å². The summed E-state index contributed by atoms with van der Waals surface area (Å²) in [7, 11) is 1.71. The number of rotatable bonds is 6. The summed E-state index contributed by atoms with van der Waals surface area (Å²) in [5, 5.41) is 4.22. The molecule has 1 heterocycles. The Balaban J connectivity index is 2.40. The van der Waals surface area contributed by atoms with Crippen LogP contribution >= 0.6 is 0 Å². The summed E-state index contributed by atoms with van der Waals surface area (Å²) in [6.45, 7) is 5.02. The second kappa shape index (κ2) is 5.88. The molecule has 4 heteroatoms. The molecule has 0 spiro atoms. The highest BCUT2D eigenvalue weighted by Gasteiger charge is 2.10. The Morgan fingerprint density at radius 2 is 2.33 bits per heavy atom. The zero-order chi connectivity index (χ0) is 11.3. The third-order valence-corrected chi connectivity index (χ3v) is 2.55. The normalized spacial score (nSPS) is 15.2. The summed E-state index contributed by atoms with van der Waals surface area (Å²) in [5.41, 5.74) is 7.22. The molecule has 0 amide bonds. The molecule has 1 aromatic rings. The zero-order valence-corrected chi connectivity index (χ0v) is 9.81. The summed E-state index contributed by atoms with van der Waals surface area (Å²) in [4.78, 5) is 0. The second-order valence-corrected chi connectivity index (χ2v) is 3.95.